The summed E-state index contributed by atoms with van der Waals surface area (Å²) in [6.07, 6.45) is -6.64. The largest absolute Gasteiger partial charge is 0.573 e. The van der Waals surface area contributed by atoms with Gasteiger partial charge in [-0.25, -0.2) is 9.78 Å². The first-order valence-electron chi connectivity index (χ1n) is 12.3. The van der Waals surface area contributed by atoms with Gasteiger partial charge in [0.25, 0.3) is 5.91 Å². The van der Waals surface area contributed by atoms with Gasteiger partial charge in [-0.1, -0.05) is 12.1 Å². The molecule has 222 valence electrons. The fourth-order valence-electron chi connectivity index (χ4n) is 4.11. The number of nitrogens with one attached hydrogen (secondary N) is 2. The van der Waals surface area contributed by atoms with Crippen molar-refractivity contribution in [2.24, 2.45) is 0 Å². The summed E-state index contributed by atoms with van der Waals surface area (Å²) in [5, 5.41) is 14.5. The number of hydrogen-bond acceptors (Lipinski definition) is 7. The summed E-state index contributed by atoms with van der Waals surface area (Å²) in [5.41, 5.74) is 1.16. The first kappa shape index (κ1) is 31.2. The first-order valence-corrected chi connectivity index (χ1v) is 12.3. The lowest BCUT2D eigenvalue weighted by Gasteiger charge is -2.30. The smallest absolute Gasteiger partial charge is 0.475 e. The summed E-state index contributed by atoms with van der Waals surface area (Å²) in [7, 11) is 3.90. The van der Waals surface area contributed by atoms with Gasteiger partial charge < -0.3 is 25.4 Å². The molecule has 4 rings (SSSR count). The highest BCUT2D eigenvalue weighted by Crippen LogP contribution is 2.27. The molecule has 3 N–H and O–H groups in total. The Labute approximate surface area is 230 Å². The third-order valence-corrected chi connectivity index (χ3v) is 5.99. The number of carboxylic acid groups (broad SMARTS) is 1. The van der Waals surface area contributed by atoms with E-state index in [0.29, 0.717) is 5.95 Å². The van der Waals surface area contributed by atoms with Gasteiger partial charge in [-0.05, 0) is 62.1 Å². The van der Waals surface area contributed by atoms with Crippen molar-refractivity contribution in [3.8, 4) is 5.75 Å². The van der Waals surface area contributed by atoms with Crippen LogP contribution in [0, 0.1) is 0 Å². The van der Waals surface area contributed by atoms with E-state index in [2.05, 4.69) is 25.3 Å². The number of anilines is 2. The van der Waals surface area contributed by atoms with Crippen LogP contribution < -0.4 is 20.3 Å². The van der Waals surface area contributed by atoms with Crippen LogP contribution in [-0.4, -0.2) is 65.7 Å². The second-order valence-electron chi connectivity index (χ2n) is 9.32. The predicted octanol–water partition coefficient (Wildman–Crippen LogP) is 5.38. The SMILES string of the molecule is CN(C)c1nc(NC2CCC(NC(=O)c3ccc(OC(F)(F)F)cc3)CC2)nc2ccccc12.O=C(O)C(F)(F)F. The minimum absolute atomic E-state index is 0.00786. The van der Waals surface area contributed by atoms with Crippen molar-refractivity contribution in [3.63, 3.8) is 0 Å². The van der Waals surface area contributed by atoms with Crippen molar-refractivity contribution in [1.82, 2.24) is 15.3 Å². The zero-order valence-corrected chi connectivity index (χ0v) is 21.9. The Hall–Kier alpha value is -4.30. The number of alkyl halides is 6. The standard InChI is InChI=1S/C24H26F3N5O2.C2HF3O2/c1-32(2)21-19-5-3-4-6-20(19)30-23(31-21)29-17-11-9-16(10-12-17)28-22(33)15-7-13-18(14-8-15)34-24(25,26)27;3-2(4,5)1(6)7/h3-8,13-14,16-17H,9-12H2,1-2H3,(H,28,33)(H,29,30,31);(H,6,7). The Morgan fingerprint density at radius 2 is 1.46 bits per heavy atom. The summed E-state index contributed by atoms with van der Waals surface area (Å²) in [5.74, 6) is -2.00. The Balaban J connectivity index is 0.000000587. The molecule has 0 bridgehead atoms. The van der Waals surface area contributed by atoms with Crippen LogP contribution in [0.1, 0.15) is 36.0 Å². The lowest BCUT2D eigenvalue weighted by atomic mass is 9.91. The van der Waals surface area contributed by atoms with Gasteiger partial charge in [0.15, 0.2) is 0 Å². The molecule has 9 nitrogen and oxygen atoms in total. The quantitative estimate of drug-likeness (QED) is 0.329. The summed E-state index contributed by atoms with van der Waals surface area (Å²) < 4.78 is 72.4. The molecular formula is C26H27F6N5O4. The molecule has 1 aliphatic rings. The van der Waals surface area contributed by atoms with Gasteiger partial charge in [0.1, 0.15) is 11.6 Å². The van der Waals surface area contributed by atoms with E-state index < -0.39 is 18.5 Å². The van der Waals surface area contributed by atoms with Gasteiger partial charge in [0, 0.05) is 37.1 Å². The highest BCUT2D eigenvalue weighted by atomic mass is 19.4. The number of amides is 1. The summed E-state index contributed by atoms with van der Waals surface area (Å²) in [4.78, 5) is 32.7. The average Bonchev–Trinajstić information content (AvgIpc) is 2.88. The Morgan fingerprint density at radius 1 is 0.902 bits per heavy atom. The molecule has 0 saturated heterocycles. The Bertz CT molecular complexity index is 1340. The summed E-state index contributed by atoms with van der Waals surface area (Å²) in [6, 6.07) is 13.0. The molecule has 41 heavy (non-hydrogen) atoms. The second-order valence-corrected chi connectivity index (χ2v) is 9.32. The van der Waals surface area contributed by atoms with Gasteiger partial charge in [-0.15, -0.1) is 13.2 Å². The number of nitrogens with zero attached hydrogens (tertiary/aromatic N) is 3. The van der Waals surface area contributed by atoms with Crippen LogP contribution >= 0.6 is 0 Å². The van der Waals surface area contributed by atoms with Crippen molar-refractivity contribution < 1.29 is 45.8 Å². The highest BCUT2D eigenvalue weighted by Gasteiger charge is 2.38. The molecule has 1 aliphatic carbocycles. The number of carbonyl (C=O) groups excluding carboxylic acids is 1. The minimum Gasteiger partial charge on any atom is -0.475 e. The lowest BCUT2D eigenvalue weighted by Crippen LogP contribution is -2.40. The third-order valence-electron chi connectivity index (χ3n) is 5.99. The van der Waals surface area contributed by atoms with Gasteiger partial charge in [0.2, 0.25) is 5.95 Å². The van der Waals surface area contributed by atoms with Gasteiger partial charge >= 0.3 is 18.5 Å². The van der Waals surface area contributed by atoms with E-state index in [4.69, 9.17) is 9.90 Å². The van der Waals surface area contributed by atoms with E-state index >= 15 is 0 Å². The number of ether oxygens (including phenoxy) is 1. The van der Waals surface area contributed by atoms with E-state index in [9.17, 15) is 31.1 Å². The molecule has 0 atom stereocenters. The monoisotopic (exact) mass is 587 g/mol. The third kappa shape index (κ3) is 9.39. The lowest BCUT2D eigenvalue weighted by molar-refractivity contribution is -0.274. The van der Waals surface area contributed by atoms with Gasteiger partial charge in [-0.3, -0.25) is 4.79 Å². The van der Waals surface area contributed by atoms with E-state index in [1.54, 1.807) is 0 Å². The molecule has 1 amide bonds. The topological polar surface area (TPSA) is 117 Å². The summed E-state index contributed by atoms with van der Waals surface area (Å²) >= 11 is 0. The maximum absolute atomic E-state index is 12.5. The molecule has 1 saturated carbocycles. The predicted molar refractivity (Wildman–Crippen MR) is 138 cm³/mol. The van der Waals surface area contributed by atoms with Crippen LogP contribution in [0.25, 0.3) is 10.9 Å². The fourth-order valence-corrected chi connectivity index (χ4v) is 4.11. The fraction of sp³-hybridized carbons (Fsp3) is 0.385. The van der Waals surface area contributed by atoms with Crippen LogP contribution in [0.4, 0.5) is 38.1 Å². The summed E-state index contributed by atoms with van der Waals surface area (Å²) in [6.45, 7) is 0. The zero-order chi connectivity index (χ0) is 30.4. The van der Waals surface area contributed by atoms with Crippen LogP contribution in [0.5, 0.6) is 5.75 Å². The van der Waals surface area contributed by atoms with Gasteiger partial charge in [-0.2, -0.15) is 18.2 Å². The number of hydrogen-bond donors (Lipinski definition) is 3. The number of aromatic nitrogens is 2. The van der Waals surface area contributed by atoms with E-state index in [-0.39, 0.29) is 29.3 Å². The maximum atomic E-state index is 12.5. The molecule has 0 spiro atoms. The normalized spacial score (nSPS) is 17.2. The molecular weight excluding hydrogens is 560 g/mol. The van der Waals surface area contributed by atoms with Crippen molar-refractivity contribution >= 4 is 34.5 Å². The molecule has 1 aromatic heterocycles. The molecule has 2 aromatic carbocycles. The van der Waals surface area contributed by atoms with Crippen LogP contribution in [0.3, 0.4) is 0 Å². The number of para-hydroxylation sites is 1. The number of fused-ring (bicyclic) bond motifs is 1. The molecule has 3 aromatic rings. The molecule has 0 aliphatic heterocycles. The number of carbonyl (C=O) groups is 2. The highest BCUT2D eigenvalue weighted by molar-refractivity contribution is 5.94. The van der Waals surface area contributed by atoms with E-state index in [1.807, 2.05) is 43.3 Å². The molecule has 0 radical (unpaired) electrons. The zero-order valence-electron chi connectivity index (χ0n) is 21.9. The number of rotatable bonds is 6. The van der Waals surface area contributed by atoms with Crippen LogP contribution in [0.2, 0.25) is 0 Å². The molecule has 1 fully saturated rings. The number of halogens is 6. The minimum atomic E-state index is -5.08. The number of aliphatic carboxylic acids is 1. The molecule has 0 unspecified atom stereocenters. The van der Waals surface area contributed by atoms with Gasteiger partial charge in [0.05, 0.1) is 5.52 Å². The van der Waals surface area contributed by atoms with Crippen molar-refractivity contribution in [2.45, 2.75) is 50.3 Å². The molecule has 15 heteroatoms. The van der Waals surface area contributed by atoms with E-state index in [1.165, 1.54) is 12.1 Å². The van der Waals surface area contributed by atoms with E-state index in [0.717, 1.165) is 54.5 Å². The molecule has 1 heterocycles. The van der Waals surface area contributed by atoms with Crippen LogP contribution in [0.15, 0.2) is 48.5 Å². The average molecular weight is 588 g/mol. The second kappa shape index (κ2) is 12.9. The van der Waals surface area contributed by atoms with Crippen molar-refractivity contribution in [2.75, 3.05) is 24.3 Å². The van der Waals surface area contributed by atoms with Crippen molar-refractivity contribution in [1.29, 1.82) is 0 Å². The Kier molecular flexibility index (Phi) is 9.83. The van der Waals surface area contributed by atoms with Crippen molar-refractivity contribution in [3.05, 3.63) is 54.1 Å². The number of benzene rings is 2. The van der Waals surface area contributed by atoms with Crippen LogP contribution in [-0.2, 0) is 4.79 Å². The number of carboxylic acids is 1. The Morgan fingerprint density at radius 3 is 2.00 bits per heavy atom. The first-order chi connectivity index (χ1) is 19.1. The maximum Gasteiger partial charge on any atom is 0.573 e.